The van der Waals surface area contributed by atoms with Crippen LogP contribution in [0, 0.1) is 12.8 Å². The highest BCUT2D eigenvalue weighted by Gasteiger charge is 2.23. The number of carbonyl (C=O) groups is 1. The average molecular weight is 580 g/mol. The summed E-state index contributed by atoms with van der Waals surface area (Å²) in [7, 11) is 3.17. The number of aryl methyl sites for hydroxylation is 1. The number of nitrogen functional groups attached to an aromatic ring is 1. The van der Waals surface area contributed by atoms with Gasteiger partial charge in [0.2, 0.25) is 17.7 Å². The zero-order valence-electron chi connectivity index (χ0n) is 24.3. The SMILES string of the molecule is COc1cc2nc(N3CCC(CNC(=O)c4ccc(-c5ccc(-c6noc(C)n6)cc5)cc4)CC3)nc(N)c2cc1OC. The molecule has 11 nitrogen and oxygen atoms in total. The maximum Gasteiger partial charge on any atom is 0.251 e. The molecule has 3 aromatic carbocycles. The fraction of sp³-hybridized carbons (Fsp3) is 0.281. The van der Waals surface area contributed by atoms with Crippen molar-refractivity contribution in [3.05, 3.63) is 72.1 Å². The van der Waals surface area contributed by atoms with Crippen molar-refractivity contribution in [1.29, 1.82) is 0 Å². The summed E-state index contributed by atoms with van der Waals surface area (Å²) >= 11 is 0. The van der Waals surface area contributed by atoms with Gasteiger partial charge in [-0.15, -0.1) is 0 Å². The largest absolute Gasteiger partial charge is 0.493 e. The fourth-order valence-corrected chi connectivity index (χ4v) is 5.33. The first-order chi connectivity index (χ1) is 20.9. The molecule has 220 valence electrons. The van der Waals surface area contributed by atoms with Gasteiger partial charge in [-0.1, -0.05) is 41.6 Å². The molecule has 0 atom stereocenters. The Labute approximate surface area is 249 Å². The number of rotatable bonds is 8. The van der Waals surface area contributed by atoms with Gasteiger partial charge in [0.15, 0.2) is 11.5 Å². The lowest BCUT2D eigenvalue weighted by molar-refractivity contribution is 0.0945. The van der Waals surface area contributed by atoms with Gasteiger partial charge < -0.3 is 29.9 Å². The smallest absolute Gasteiger partial charge is 0.251 e. The molecule has 0 spiro atoms. The molecule has 3 heterocycles. The molecule has 6 rings (SSSR count). The molecule has 43 heavy (non-hydrogen) atoms. The van der Waals surface area contributed by atoms with Crippen LogP contribution in [0.4, 0.5) is 11.8 Å². The van der Waals surface area contributed by atoms with Crippen LogP contribution >= 0.6 is 0 Å². The van der Waals surface area contributed by atoms with Crippen molar-refractivity contribution in [2.45, 2.75) is 19.8 Å². The molecule has 1 aliphatic rings. The summed E-state index contributed by atoms with van der Waals surface area (Å²) in [6.45, 7) is 3.93. The first-order valence-electron chi connectivity index (χ1n) is 14.2. The Morgan fingerprint density at radius 1 is 0.930 bits per heavy atom. The number of benzene rings is 3. The van der Waals surface area contributed by atoms with E-state index in [1.165, 1.54) is 0 Å². The molecule has 1 saturated heterocycles. The van der Waals surface area contributed by atoms with E-state index in [1.54, 1.807) is 27.2 Å². The zero-order chi connectivity index (χ0) is 29.9. The van der Waals surface area contributed by atoms with Crippen molar-refractivity contribution in [3.8, 4) is 34.0 Å². The highest BCUT2D eigenvalue weighted by molar-refractivity contribution is 5.94. The molecule has 1 fully saturated rings. The minimum atomic E-state index is -0.0770. The van der Waals surface area contributed by atoms with E-state index in [4.69, 9.17) is 24.7 Å². The first-order valence-corrected chi connectivity index (χ1v) is 14.2. The van der Waals surface area contributed by atoms with Crippen molar-refractivity contribution >= 4 is 28.6 Å². The summed E-state index contributed by atoms with van der Waals surface area (Å²) in [6, 6.07) is 19.2. The number of nitrogens with two attached hydrogens (primary N) is 1. The Morgan fingerprint density at radius 2 is 1.56 bits per heavy atom. The van der Waals surface area contributed by atoms with Gasteiger partial charge in [0.25, 0.3) is 5.91 Å². The normalized spacial score (nSPS) is 13.7. The third kappa shape index (κ3) is 5.92. The second-order valence-corrected chi connectivity index (χ2v) is 10.6. The molecule has 3 N–H and O–H groups in total. The first kappa shape index (κ1) is 28.0. The summed E-state index contributed by atoms with van der Waals surface area (Å²) in [5.41, 5.74) is 10.6. The lowest BCUT2D eigenvalue weighted by Crippen LogP contribution is -2.39. The molecule has 1 amide bonds. The van der Waals surface area contributed by atoms with E-state index in [-0.39, 0.29) is 5.91 Å². The van der Waals surface area contributed by atoms with Gasteiger partial charge in [0, 0.05) is 49.1 Å². The Balaban J connectivity index is 1.02. The summed E-state index contributed by atoms with van der Waals surface area (Å²) in [5, 5.41) is 7.79. The van der Waals surface area contributed by atoms with E-state index >= 15 is 0 Å². The number of methoxy groups -OCH3 is 2. The molecule has 0 unspecified atom stereocenters. The van der Waals surface area contributed by atoms with E-state index in [9.17, 15) is 4.79 Å². The second-order valence-electron chi connectivity index (χ2n) is 10.6. The predicted octanol–water partition coefficient (Wildman–Crippen LogP) is 4.90. The van der Waals surface area contributed by atoms with Gasteiger partial charge in [0.1, 0.15) is 5.82 Å². The van der Waals surface area contributed by atoms with Crippen LogP contribution < -0.4 is 25.4 Å². The predicted molar refractivity (Wildman–Crippen MR) is 164 cm³/mol. The molecule has 0 radical (unpaired) electrons. The molecule has 2 aromatic heterocycles. The van der Waals surface area contributed by atoms with E-state index in [0.29, 0.717) is 58.5 Å². The van der Waals surface area contributed by atoms with E-state index in [2.05, 4.69) is 25.3 Å². The number of hydrogen-bond donors (Lipinski definition) is 2. The number of nitrogens with one attached hydrogen (secondary N) is 1. The number of hydrogen-bond acceptors (Lipinski definition) is 10. The van der Waals surface area contributed by atoms with Crippen molar-refractivity contribution in [1.82, 2.24) is 25.4 Å². The summed E-state index contributed by atoms with van der Waals surface area (Å²) in [4.78, 5) is 28.6. The maximum atomic E-state index is 12.9. The minimum Gasteiger partial charge on any atom is -0.493 e. The second kappa shape index (κ2) is 12.0. The van der Waals surface area contributed by atoms with Crippen LogP contribution in [0.2, 0.25) is 0 Å². The topological polar surface area (TPSA) is 142 Å². The Morgan fingerprint density at radius 3 is 2.19 bits per heavy atom. The number of anilines is 2. The molecule has 11 heteroatoms. The highest BCUT2D eigenvalue weighted by Crippen LogP contribution is 2.34. The van der Waals surface area contributed by atoms with Crippen LogP contribution in [0.15, 0.2) is 65.2 Å². The quantitative estimate of drug-likeness (QED) is 0.261. The molecule has 0 aliphatic carbocycles. The molecular weight excluding hydrogens is 546 g/mol. The number of ether oxygens (including phenoxy) is 2. The molecule has 1 aliphatic heterocycles. The van der Waals surface area contributed by atoms with Gasteiger partial charge in [-0.2, -0.15) is 9.97 Å². The summed E-state index contributed by atoms with van der Waals surface area (Å²) in [5.74, 6) is 3.55. The Bertz CT molecular complexity index is 1740. The van der Waals surface area contributed by atoms with Crippen LogP contribution in [0.1, 0.15) is 29.1 Å². The fourth-order valence-electron chi connectivity index (χ4n) is 5.33. The van der Waals surface area contributed by atoms with E-state index in [1.807, 2.05) is 54.6 Å². The number of fused-ring (bicyclic) bond motifs is 1. The van der Waals surface area contributed by atoms with Gasteiger partial charge in [-0.25, -0.2) is 4.98 Å². The average Bonchev–Trinajstić information content (AvgIpc) is 3.49. The molecule has 5 aromatic rings. The van der Waals surface area contributed by atoms with Crippen molar-refractivity contribution in [3.63, 3.8) is 0 Å². The number of amides is 1. The zero-order valence-corrected chi connectivity index (χ0v) is 24.3. The molecule has 0 bridgehead atoms. The summed E-state index contributed by atoms with van der Waals surface area (Å²) in [6.07, 6.45) is 1.82. The Kier molecular flexibility index (Phi) is 7.78. The van der Waals surface area contributed by atoms with Crippen LogP contribution in [0.25, 0.3) is 33.4 Å². The summed E-state index contributed by atoms with van der Waals surface area (Å²) < 4.78 is 15.9. The van der Waals surface area contributed by atoms with E-state index in [0.717, 1.165) is 48.0 Å². The van der Waals surface area contributed by atoms with Crippen molar-refractivity contribution in [2.24, 2.45) is 5.92 Å². The van der Waals surface area contributed by atoms with Gasteiger partial charge >= 0.3 is 0 Å². The van der Waals surface area contributed by atoms with Gasteiger partial charge in [-0.05, 0) is 48.1 Å². The van der Waals surface area contributed by atoms with Crippen molar-refractivity contribution < 1.29 is 18.8 Å². The third-order valence-corrected chi connectivity index (χ3v) is 7.82. The Hall–Kier alpha value is -5.19. The number of piperidine rings is 1. The number of carbonyl (C=O) groups excluding carboxylic acids is 1. The lowest BCUT2D eigenvalue weighted by Gasteiger charge is -2.32. The lowest BCUT2D eigenvalue weighted by atomic mass is 9.96. The number of nitrogens with zero attached hydrogens (tertiary/aromatic N) is 5. The van der Waals surface area contributed by atoms with Crippen molar-refractivity contribution in [2.75, 3.05) is 44.5 Å². The third-order valence-electron chi connectivity index (χ3n) is 7.82. The van der Waals surface area contributed by atoms with Gasteiger partial charge in [0.05, 0.1) is 19.7 Å². The molecule has 0 saturated carbocycles. The minimum absolute atomic E-state index is 0.0770. The molecular formula is C32H33N7O4. The monoisotopic (exact) mass is 579 g/mol. The van der Waals surface area contributed by atoms with E-state index < -0.39 is 0 Å². The van der Waals surface area contributed by atoms with Crippen LogP contribution in [-0.4, -0.2) is 59.9 Å². The van der Waals surface area contributed by atoms with Crippen LogP contribution in [0.5, 0.6) is 11.5 Å². The van der Waals surface area contributed by atoms with Gasteiger partial charge in [-0.3, -0.25) is 4.79 Å². The van der Waals surface area contributed by atoms with Crippen LogP contribution in [0.3, 0.4) is 0 Å². The standard InChI is InChI=1S/C32H33N7O4/c1-19-35-30(38-43-19)23-8-4-21(5-9-23)22-6-10-24(11-7-22)31(40)34-18-20-12-14-39(15-13-20)32-36-26-17-28(42-3)27(41-2)16-25(26)29(33)37-32/h4-11,16-17,20H,12-15,18H2,1-3H3,(H,34,40)(H2,33,36,37). The van der Waals surface area contributed by atoms with Crippen LogP contribution in [-0.2, 0) is 0 Å². The number of aromatic nitrogens is 4. The maximum absolute atomic E-state index is 12.9. The highest BCUT2D eigenvalue weighted by atomic mass is 16.5.